The number of alkyl halides is 3. The maximum absolute atomic E-state index is 12.3. The Labute approximate surface area is 96.4 Å². The number of nitriles is 1. The quantitative estimate of drug-likeness (QED) is 0.822. The highest BCUT2D eigenvalue weighted by Gasteiger charge is 2.38. The minimum atomic E-state index is -4.45. The highest BCUT2D eigenvalue weighted by Crippen LogP contribution is 2.32. The second-order valence-corrected chi connectivity index (χ2v) is 3.28. The Morgan fingerprint density at radius 1 is 1.29 bits per heavy atom. The molecule has 0 aliphatic rings. The van der Waals surface area contributed by atoms with E-state index in [4.69, 9.17) is 14.7 Å². The number of rotatable bonds is 3. The zero-order valence-electron chi connectivity index (χ0n) is 9.21. The van der Waals surface area contributed by atoms with Crippen molar-refractivity contribution in [3.8, 4) is 17.6 Å². The molecule has 0 spiro atoms. The highest BCUT2D eigenvalue weighted by molar-refractivity contribution is 5.46. The van der Waals surface area contributed by atoms with Crippen LogP contribution in [-0.4, -0.2) is 19.4 Å². The summed E-state index contributed by atoms with van der Waals surface area (Å²) in [7, 11) is 1.29. The van der Waals surface area contributed by atoms with Gasteiger partial charge in [0.15, 0.2) is 17.6 Å². The first-order chi connectivity index (χ1) is 7.88. The number of nitrogens with zero attached hydrogens (tertiary/aromatic N) is 1. The largest absolute Gasteiger partial charge is 0.493 e. The molecule has 6 heteroatoms. The monoisotopic (exact) mass is 245 g/mol. The Morgan fingerprint density at radius 3 is 2.41 bits per heavy atom. The summed E-state index contributed by atoms with van der Waals surface area (Å²) >= 11 is 0. The third kappa shape index (κ3) is 3.28. The van der Waals surface area contributed by atoms with E-state index in [-0.39, 0.29) is 17.1 Å². The lowest BCUT2D eigenvalue weighted by molar-refractivity contribution is -0.189. The lowest BCUT2D eigenvalue weighted by Gasteiger charge is -2.19. The van der Waals surface area contributed by atoms with Crippen molar-refractivity contribution >= 4 is 0 Å². The predicted octanol–water partition coefficient (Wildman–Crippen LogP) is 2.90. The van der Waals surface area contributed by atoms with E-state index in [0.717, 1.165) is 6.92 Å². The predicted molar refractivity (Wildman–Crippen MR) is 53.9 cm³/mol. The molecule has 92 valence electrons. The van der Waals surface area contributed by atoms with Crippen LogP contribution in [-0.2, 0) is 0 Å². The SMILES string of the molecule is COc1cc(C#N)ccc1O[C@@H](C)C(F)(F)F. The molecule has 0 N–H and O–H groups in total. The van der Waals surface area contributed by atoms with Gasteiger partial charge in [-0.1, -0.05) is 0 Å². The van der Waals surface area contributed by atoms with Crippen LogP contribution < -0.4 is 9.47 Å². The zero-order chi connectivity index (χ0) is 13.1. The molecular formula is C11H10F3NO2. The van der Waals surface area contributed by atoms with Crippen LogP contribution in [0.4, 0.5) is 13.2 Å². The molecular weight excluding hydrogens is 235 g/mol. The standard InChI is InChI=1S/C11H10F3NO2/c1-7(11(12,13)14)17-9-4-3-8(6-15)5-10(9)16-2/h3-5,7H,1-2H3/t7-/m0/s1. The maximum atomic E-state index is 12.3. The van der Waals surface area contributed by atoms with E-state index in [9.17, 15) is 13.2 Å². The Kier molecular flexibility index (Phi) is 3.84. The molecule has 0 unspecified atom stereocenters. The first-order valence-electron chi connectivity index (χ1n) is 4.70. The number of methoxy groups -OCH3 is 1. The van der Waals surface area contributed by atoms with Gasteiger partial charge < -0.3 is 9.47 Å². The van der Waals surface area contributed by atoms with Crippen LogP contribution in [0.2, 0.25) is 0 Å². The molecule has 0 aliphatic carbocycles. The maximum Gasteiger partial charge on any atom is 0.425 e. The Morgan fingerprint density at radius 2 is 1.94 bits per heavy atom. The molecule has 1 rings (SSSR count). The number of benzene rings is 1. The van der Waals surface area contributed by atoms with Crippen molar-refractivity contribution < 1.29 is 22.6 Å². The summed E-state index contributed by atoms with van der Waals surface area (Å²) < 4.78 is 46.5. The van der Waals surface area contributed by atoms with Crippen molar-refractivity contribution in [2.75, 3.05) is 7.11 Å². The van der Waals surface area contributed by atoms with Crippen LogP contribution in [0, 0.1) is 11.3 Å². The second-order valence-electron chi connectivity index (χ2n) is 3.28. The third-order valence-electron chi connectivity index (χ3n) is 2.06. The number of ether oxygens (including phenoxy) is 2. The van der Waals surface area contributed by atoms with Crippen molar-refractivity contribution in [3.05, 3.63) is 23.8 Å². The number of hydrogen-bond acceptors (Lipinski definition) is 3. The fourth-order valence-corrected chi connectivity index (χ4v) is 1.09. The summed E-state index contributed by atoms with van der Waals surface area (Å²) in [6, 6.07) is 5.81. The third-order valence-corrected chi connectivity index (χ3v) is 2.06. The zero-order valence-corrected chi connectivity index (χ0v) is 9.21. The van der Waals surface area contributed by atoms with Crippen molar-refractivity contribution in [2.45, 2.75) is 19.2 Å². The van der Waals surface area contributed by atoms with Crippen LogP contribution >= 0.6 is 0 Å². The Hall–Kier alpha value is -1.90. The Balaban J connectivity index is 2.96. The average Bonchev–Trinajstić information content (AvgIpc) is 2.28. The molecule has 1 aromatic rings. The van der Waals surface area contributed by atoms with E-state index >= 15 is 0 Å². The summed E-state index contributed by atoms with van der Waals surface area (Å²) in [6.45, 7) is 0.900. The van der Waals surface area contributed by atoms with Gasteiger partial charge in [0.1, 0.15) is 0 Å². The van der Waals surface area contributed by atoms with Gasteiger partial charge in [0.2, 0.25) is 0 Å². The molecule has 17 heavy (non-hydrogen) atoms. The highest BCUT2D eigenvalue weighted by atomic mass is 19.4. The minimum Gasteiger partial charge on any atom is -0.493 e. The lowest BCUT2D eigenvalue weighted by atomic mass is 10.2. The van der Waals surface area contributed by atoms with Gasteiger partial charge in [-0.2, -0.15) is 18.4 Å². The van der Waals surface area contributed by atoms with Crippen molar-refractivity contribution in [3.63, 3.8) is 0 Å². The molecule has 0 bridgehead atoms. The van der Waals surface area contributed by atoms with E-state index in [1.165, 1.54) is 25.3 Å². The van der Waals surface area contributed by atoms with Gasteiger partial charge in [-0.3, -0.25) is 0 Å². The van der Waals surface area contributed by atoms with Gasteiger partial charge in [0.25, 0.3) is 0 Å². The first kappa shape index (κ1) is 13.2. The molecule has 0 fully saturated rings. The fourth-order valence-electron chi connectivity index (χ4n) is 1.09. The van der Waals surface area contributed by atoms with E-state index in [2.05, 4.69) is 0 Å². The van der Waals surface area contributed by atoms with Gasteiger partial charge in [-0.15, -0.1) is 0 Å². The molecule has 0 aromatic heterocycles. The summed E-state index contributed by atoms with van der Waals surface area (Å²) in [5.74, 6) is 0.0523. The van der Waals surface area contributed by atoms with E-state index in [1.807, 2.05) is 6.07 Å². The van der Waals surface area contributed by atoms with Crippen molar-refractivity contribution in [1.82, 2.24) is 0 Å². The molecule has 0 amide bonds. The second kappa shape index (κ2) is 4.95. The molecule has 3 nitrogen and oxygen atoms in total. The average molecular weight is 245 g/mol. The van der Waals surface area contributed by atoms with Crippen LogP contribution in [0.1, 0.15) is 12.5 Å². The van der Waals surface area contributed by atoms with Crippen molar-refractivity contribution in [2.24, 2.45) is 0 Å². The van der Waals surface area contributed by atoms with E-state index in [0.29, 0.717) is 0 Å². The fraction of sp³-hybridized carbons (Fsp3) is 0.364. The summed E-state index contributed by atoms with van der Waals surface area (Å²) in [4.78, 5) is 0. The Bertz CT molecular complexity index is 437. The normalized spacial score (nSPS) is 12.7. The molecule has 1 aromatic carbocycles. The van der Waals surface area contributed by atoms with E-state index in [1.54, 1.807) is 0 Å². The van der Waals surface area contributed by atoms with Crippen LogP contribution in [0.25, 0.3) is 0 Å². The van der Waals surface area contributed by atoms with E-state index < -0.39 is 12.3 Å². The van der Waals surface area contributed by atoms with Crippen molar-refractivity contribution in [1.29, 1.82) is 5.26 Å². The van der Waals surface area contributed by atoms with Crippen LogP contribution in [0.5, 0.6) is 11.5 Å². The summed E-state index contributed by atoms with van der Waals surface area (Å²) in [5, 5.41) is 8.63. The van der Waals surface area contributed by atoms with Gasteiger partial charge in [-0.25, -0.2) is 0 Å². The summed E-state index contributed by atoms with van der Waals surface area (Å²) in [6.07, 6.45) is -6.39. The van der Waals surface area contributed by atoms with Gasteiger partial charge in [-0.05, 0) is 19.1 Å². The van der Waals surface area contributed by atoms with Gasteiger partial charge in [0.05, 0.1) is 18.7 Å². The molecule has 0 saturated carbocycles. The molecule has 0 radical (unpaired) electrons. The van der Waals surface area contributed by atoms with Gasteiger partial charge >= 0.3 is 6.18 Å². The van der Waals surface area contributed by atoms with Crippen LogP contribution in [0.3, 0.4) is 0 Å². The summed E-state index contributed by atoms with van der Waals surface area (Å²) in [5.41, 5.74) is 0.286. The van der Waals surface area contributed by atoms with Gasteiger partial charge in [0, 0.05) is 6.07 Å². The first-order valence-corrected chi connectivity index (χ1v) is 4.70. The smallest absolute Gasteiger partial charge is 0.425 e. The molecule has 1 atom stereocenters. The number of hydrogen-bond donors (Lipinski definition) is 0. The van der Waals surface area contributed by atoms with Crippen LogP contribution in [0.15, 0.2) is 18.2 Å². The molecule has 0 aliphatic heterocycles. The molecule has 0 saturated heterocycles. The topological polar surface area (TPSA) is 42.2 Å². The minimum absolute atomic E-state index is 0.0451. The lowest BCUT2D eigenvalue weighted by Crippen LogP contribution is -2.31. The molecule has 0 heterocycles. The number of halogens is 3.